The summed E-state index contributed by atoms with van der Waals surface area (Å²) >= 11 is 5.98. The van der Waals surface area contributed by atoms with Gasteiger partial charge in [0.2, 0.25) is 0 Å². The Balaban J connectivity index is 0.000000252. The molecule has 3 heterocycles. The van der Waals surface area contributed by atoms with Crippen LogP contribution in [0.2, 0.25) is 5.15 Å². The van der Waals surface area contributed by atoms with Crippen molar-refractivity contribution < 1.29 is 9.50 Å². The van der Waals surface area contributed by atoms with E-state index in [1.54, 1.807) is 30.7 Å². The standard InChI is InChI=1S/C14H11ClN4.C7H7F.CH4O/c1-16-12-6-11(7-18-13(12)15)10-5-9-3-2-4-17-14(9)19-8-10;1-6-2-4-7(8)5-3-6;1-2/h2-8,16H,1H3;2-5H,1H3;2H,1H3. The van der Waals surface area contributed by atoms with Crippen LogP contribution in [0.4, 0.5) is 10.1 Å². The fourth-order valence-electron chi connectivity index (χ4n) is 2.44. The molecule has 4 rings (SSSR count). The average Bonchev–Trinajstić information content (AvgIpc) is 2.77. The number of rotatable bonds is 2. The first-order valence-electron chi connectivity index (χ1n) is 8.78. The first-order valence-corrected chi connectivity index (χ1v) is 9.16. The summed E-state index contributed by atoms with van der Waals surface area (Å²) in [5.41, 5.74) is 4.58. The van der Waals surface area contributed by atoms with Crippen molar-refractivity contribution in [3.05, 3.63) is 83.7 Å². The van der Waals surface area contributed by atoms with Gasteiger partial charge in [-0.05, 0) is 43.3 Å². The van der Waals surface area contributed by atoms with Crippen LogP contribution in [0.25, 0.3) is 22.2 Å². The number of hydrogen-bond acceptors (Lipinski definition) is 5. The van der Waals surface area contributed by atoms with E-state index >= 15 is 0 Å². The Morgan fingerprint density at radius 1 is 0.931 bits per heavy atom. The van der Waals surface area contributed by atoms with E-state index in [0.717, 1.165) is 40.5 Å². The number of anilines is 1. The van der Waals surface area contributed by atoms with E-state index in [1.165, 1.54) is 12.1 Å². The second-order valence-electron chi connectivity index (χ2n) is 5.88. The fraction of sp³-hybridized carbons (Fsp3) is 0.136. The van der Waals surface area contributed by atoms with Crippen molar-refractivity contribution in [1.29, 1.82) is 0 Å². The molecule has 0 aliphatic carbocycles. The first-order chi connectivity index (χ1) is 14.1. The summed E-state index contributed by atoms with van der Waals surface area (Å²) in [6.07, 6.45) is 5.26. The second kappa shape index (κ2) is 11.0. The van der Waals surface area contributed by atoms with Crippen LogP contribution in [0.1, 0.15) is 5.56 Å². The molecule has 1 aromatic carbocycles. The van der Waals surface area contributed by atoms with Crippen molar-refractivity contribution in [2.45, 2.75) is 6.92 Å². The third kappa shape index (κ3) is 6.20. The lowest BCUT2D eigenvalue weighted by molar-refractivity contribution is 0.399. The van der Waals surface area contributed by atoms with Gasteiger partial charge in [0.25, 0.3) is 0 Å². The van der Waals surface area contributed by atoms with E-state index in [0.29, 0.717) is 5.15 Å². The molecule has 3 aromatic heterocycles. The monoisotopic (exact) mass is 412 g/mol. The van der Waals surface area contributed by atoms with Gasteiger partial charge < -0.3 is 10.4 Å². The summed E-state index contributed by atoms with van der Waals surface area (Å²) in [5, 5.41) is 11.5. The first kappa shape index (κ1) is 22.2. The summed E-state index contributed by atoms with van der Waals surface area (Å²) < 4.78 is 12.1. The Bertz CT molecular complexity index is 1040. The number of benzene rings is 1. The molecule has 0 fully saturated rings. The number of fused-ring (bicyclic) bond motifs is 1. The molecule has 5 nitrogen and oxygen atoms in total. The van der Waals surface area contributed by atoms with Crippen LogP contribution in [0.5, 0.6) is 0 Å². The van der Waals surface area contributed by atoms with Crippen molar-refractivity contribution in [3.8, 4) is 11.1 Å². The predicted molar refractivity (Wildman–Crippen MR) is 117 cm³/mol. The highest BCUT2D eigenvalue weighted by Crippen LogP contribution is 2.27. The summed E-state index contributed by atoms with van der Waals surface area (Å²) in [6, 6.07) is 14.3. The Kier molecular flexibility index (Phi) is 8.45. The maximum Gasteiger partial charge on any atom is 0.159 e. The normalized spacial score (nSPS) is 9.72. The van der Waals surface area contributed by atoms with Crippen molar-refractivity contribution in [1.82, 2.24) is 15.0 Å². The molecule has 4 aromatic rings. The highest BCUT2D eigenvalue weighted by molar-refractivity contribution is 6.32. The van der Waals surface area contributed by atoms with E-state index in [2.05, 4.69) is 20.3 Å². The van der Waals surface area contributed by atoms with Crippen molar-refractivity contribution in [2.24, 2.45) is 0 Å². The topological polar surface area (TPSA) is 70.9 Å². The van der Waals surface area contributed by atoms with Gasteiger partial charge in [0.05, 0.1) is 5.69 Å². The lowest BCUT2D eigenvalue weighted by atomic mass is 10.1. The Morgan fingerprint density at radius 2 is 1.59 bits per heavy atom. The van der Waals surface area contributed by atoms with Gasteiger partial charge in [0.15, 0.2) is 10.8 Å². The number of aromatic nitrogens is 3. The van der Waals surface area contributed by atoms with E-state index < -0.39 is 0 Å². The summed E-state index contributed by atoms with van der Waals surface area (Å²) in [5.74, 6) is -0.171. The lowest BCUT2D eigenvalue weighted by Crippen LogP contribution is -1.93. The molecule has 0 amide bonds. The quantitative estimate of drug-likeness (QED) is 0.446. The van der Waals surface area contributed by atoms with Crippen LogP contribution in [0.15, 0.2) is 67.1 Å². The summed E-state index contributed by atoms with van der Waals surface area (Å²) in [6.45, 7) is 1.93. The van der Waals surface area contributed by atoms with E-state index in [-0.39, 0.29) is 5.82 Å². The van der Waals surface area contributed by atoms with Crippen LogP contribution in [-0.4, -0.2) is 34.2 Å². The van der Waals surface area contributed by atoms with Gasteiger partial charge in [-0.15, -0.1) is 0 Å². The van der Waals surface area contributed by atoms with Gasteiger partial charge in [0, 0.05) is 49.3 Å². The van der Waals surface area contributed by atoms with E-state index in [1.807, 2.05) is 38.2 Å². The van der Waals surface area contributed by atoms with Crippen molar-refractivity contribution in [3.63, 3.8) is 0 Å². The maximum absolute atomic E-state index is 12.1. The van der Waals surface area contributed by atoms with Crippen molar-refractivity contribution in [2.75, 3.05) is 19.5 Å². The number of aliphatic hydroxyl groups excluding tert-OH is 1. The van der Waals surface area contributed by atoms with Crippen LogP contribution in [0, 0.1) is 12.7 Å². The molecule has 0 aliphatic rings. The molecule has 7 heteroatoms. The van der Waals surface area contributed by atoms with Crippen LogP contribution in [0.3, 0.4) is 0 Å². The zero-order valence-electron chi connectivity index (χ0n) is 16.4. The third-order valence-electron chi connectivity index (χ3n) is 3.91. The largest absolute Gasteiger partial charge is 0.400 e. The van der Waals surface area contributed by atoms with Crippen LogP contribution >= 0.6 is 11.6 Å². The summed E-state index contributed by atoms with van der Waals surface area (Å²) in [4.78, 5) is 12.7. The zero-order chi connectivity index (χ0) is 21.2. The highest BCUT2D eigenvalue weighted by Gasteiger charge is 2.05. The number of aryl methyl sites for hydroxylation is 1. The average molecular weight is 413 g/mol. The molecule has 0 radical (unpaired) electrons. The maximum atomic E-state index is 12.1. The molecule has 0 spiro atoms. The SMILES string of the molecule is CNc1cc(-c2cnc3ncccc3c2)cnc1Cl.CO.Cc1ccc(F)cc1. The minimum Gasteiger partial charge on any atom is -0.400 e. The molecule has 0 bridgehead atoms. The fourth-order valence-corrected chi connectivity index (χ4v) is 2.64. The molecular weight excluding hydrogens is 391 g/mol. The molecule has 0 saturated carbocycles. The van der Waals surface area contributed by atoms with Gasteiger partial charge in [-0.3, -0.25) is 0 Å². The highest BCUT2D eigenvalue weighted by atomic mass is 35.5. The van der Waals surface area contributed by atoms with E-state index in [4.69, 9.17) is 16.7 Å². The van der Waals surface area contributed by atoms with Crippen LogP contribution < -0.4 is 5.32 Å². The van der Waals surface area contributed by atoms with Gasteiger partial charge in [-0.2, -0.15) is 0 Å². The Labute approximate surface area is 174 Å². The predicted octanol–water partition coefficient (Wildman–Crippen LogP) is 5.13. The number of nitrogens with zero attached hydrogens (tertiary/aromatic N) is 3. The molecule has 29 heavy (non-hydrogen) atoms. The Hall–Kier alpha value is -3.09. The smallest absolute Gasteiger partial charge is 0.159 e. The third-order valence-corrected chi connectivity index (χ3v) is 4.21. The van der Waals surface area contributed by atoms with Gasteiger partial charge in [-0.25, -0.2) is 19.3 Å². The molecule has 2 N–H and O–H groups in total. The molecule has 0 aliphatic heterocycles. The van der Waals surface area contributed by atoms with Crippen LogP contribution in [-0.2, 0) is 0 Å². The number of pyridine rings is 3. The minimum atomic E-state index is -0.171. The number of nitrogens with one attached hydrogen (secondary N) is 1. The number of halogens is 2. The number of hydrogen-bond donors (Lipinski definition) is 2. The Morgan fingerprint density at radius 3 is 2.24 bits per heavy atom. The van der Waals surface area contributed by atoms with Gasteiger partial charge in [0.1, 0.15) is 5.82 Å². The lowest BCUT2D eigenvalue weighted by Gasteiger charge is -2.07. The minimum absolute atomic E-state index is 0.171. The zero-order valence-corrected chi connectivity index (χ0v) is 17.2. The molecular formula is C22H22ClFN4O. The van der Waals surface area contributed by atoms with Crippen molar-refractivity contribution >= 4 is 28.3 Å². The molecule has 150 valence electrons. The second-order valence-corrected chi connectivity index (χ2v) is 6.24. The van der Waals surface area contributed by atoms with E-state index in [9.17, 15) is 4.39 Å². The van der Waals surface area contributed by atoms with Gasteiger partial charge in [-0.1, -0.05) is 29.3 Å². The van der Waals surface area contributed by atoms with Gasteiger partial charge >= 0.3 is 0 Å². The molecule has 0 atom stereocenters. The number of aliphatic hydroxyl groups is 1. The molecule has 0 saturated heterocycles. The molecule has 0 unspecified atom stereocenters. The summed E-state index contributed by atoms with van der Waals surface area (Å²) in [7, 11) is 2.81.